The summed E-state index contributed by atoms with van der Waals surface area (Å²) < 4.78 is 29.1. The van der Waals surface area contributed by atoms with Crippen LogP contribution in [-0.2, 0) is 24.3 Å². The average Bonchev–Trinajstić information content (AvgIpc) is 2.29. The summed E-state index contributed by atoms with van der Waals surface area (Å²) in [5, 5.41) is 0. The highest BCUT2D eigenvalue weighted by Crippen LogP contribution is 2.37. The van der Waals surface area contributed by atoms with Gasteiger partial charge in [0.05, 0.1) is 18.3 Å². The summed E-state index contributed by atoms with van der Waals surface area (Å²) in [6.45, 7) is 5.80. The van der Waals surface area contributed by atoms with Crippen LogP contribution in [0.2, 0.25) is 0 Å². The number of carbonyl (C=O) groups excluding carboxylic acids is 2. The number of esters is 1. The fourth-order valence-corrected chi connectivity index (χ4v) is 4.35. The standard InChI is InChI=1S/C10H17NO5S/c1-9(2)6-17(14,15)11(7(9)12)10(3,4)8(13)16-5/h6H2,1-5H3. The molecule has 6 nitrogen and oxygen atoms in total. The van der Waals surface area contributed by atoms with Gasteiger partial charge in [0.25, 0.3) is 0 Å². The molecule has 0 atom stereocenters. The van der Waals surface area contributed by atoms with Gasteiger partial charge in [-0.25, -0.2) is 17.5 Å². The van der Waals surface area contributed by atoms with Gasteiger partial charge in [-0.2, -0.15) is 0 Å². The molecule has 1 heterocycles. The van der Waals surface area contributed by atoms with E-state index in [2.05, 4.69) is 4.74 Å². The maximum absolute atomic E-state index is 12.0. The van der Waals surface area contributed by atoms with Gasteiger partial charge in [0.2, 0.25) is 15.9 Å². The van der Waals surface area contributed by atoms with Crippen LogP contribution in [0.4, 0.5) is 0 Å². The largest absolute Gasteiger partial charge is 0.467 e. The molecule has 1 aliphatic rings. The molecule has 0 aromatic carbocycles. The van der Waals surface area contributed by atoms with E-state index in [0.29, 0.717) is 4.31 Å². The molecule has 7 heteroatoms. The number of hydrogen-bond acceptors (Lipinski definition) is 5. The quantitative estimate of drug-likeness (QED) is 0.662. The van der Waals surface area contributed by atoms with Gasteiger partial charge < -0.3 is 4.74 Å². The van der Waals surface area contributed by atoms with Crippen molar-refractivity contribution in [1.82, 2.24) is 4.31 Å². The van der Waals surface area contributed by atoms with Crippen molar-refractivity contribution < 1.29 is 22.7 Å². The third kappa shape index (κ3) is 2.03. The van der Waals surface area contributed by atoms with E-state index < -0.39 is 32.9 Å². The predicted octanol–water partition coefficient (Wildman–Crippen LogP) is 0.136. The molecule has 17 heavy (non-hydrogen) atoms. The van der Waals surface area contributed by atoms with Crippen LogP contribution >= 0.6 is 0 Å². The number of hydrogen-bond donors (Lipinski definition) is 0. The van der Waals surface area contributed by atoms with E-state index in [0.717, 1.165) is 7.11 Å². The lowest BCUT2D eigenvalue weighted by molar-refractivity contribution is -0.155. The molecule has 0 aromatic heterocycles. The van der Waals surface area contributed by atoms with Crippen LogP contribution in [0, 0.1) is 5.41 Å². The summed E-state index contributed by atoms with van der Waals surface area (Å²) in [7, 11) is -2.62. The van der Waals surface area contributed by atoms with Crippen molar-refractivity contribution in [3.63, 3.8) is 0 Å². The number of rotatable bonds is 2. The van der Waals surface area contributed by atoms with Crippen molar-refractivity contribution in [3.05, 3.63) is 0 Å². The number of amides is 1. The summed E-state index contributed by atoms with van der Waals surface area (Å²) in [6.07, 6.45) is 0. The highest BCUT2D eigenvalue weighted by molar-refractivity contribution is 7.90. The molecule has 0 unspecified atom stereocenters. The molecular formula is C10H17NO5S. The van der Waals surface area contributed by atoms with Gasteiger partial charge in [0.1, 0.15) is 5.54 Å². The van der Waals surface area contributed by atoms with E-state index in [1.165, 1.54) is 13.8 Å². The van der Waals surface area contributed by atoms with Crippen molar-refractivity contribution in [3.8, 4) is 0 Å². The Hall–Kier alpha value is -1.11. The van der Waals surface area contributed by atoms with Crippen molar-refractivity contribution in [2.24, 2.45) is 5.41 Å². The van der Waals surface area contributed by atoms with Crippen molar-refractivity contribution in [2.45, 2.75) is 33.2 Å². The molecule has 1 amide bonds. The van der Waals surface area contributed by atoms with Gasteiger partial charge in [-0.1, -0.05) is 0 Å². The molecule has 1 rings (SSSR count). The zero-order valence-electron chi connectivity index (χ0n) is 10.6. The van der Waals surface area contributed by atoms with Gasteiger partial charge in [0, 0.05) is 0 Å². The zero-order valence-corrected chi connectivity index (χ0v) is 11.4. The fraction of sp³-hybridized carbons (Fsp3) is 0.800. The monoisotopic (exact) mass is 263 g/mol. The normalized spacial score (nSPS) is 22.6. The Balaban J connectivity index is 3.32. The predicted molar refractivity (Wildman–Crippen MR) is 60.5 cm³/mol. The minimum atomic E-state index is -3.77. The first kappa shape index (κ1) is 14.0. The Morgan fingerprint density at radius 1 is 1.41 bits per heavy atom. The van der Waals surface area contributed by atoms with Crippen LogP contribution in [0.1, 0.15) is 27.7 Å². The Bertz CT molecular complexity index is 463. The molecular weight excluding hydrogens is 246 g/mol. The lowest BCUT2D eigenvalue weighted by atomic mass is 9.93. The minimum absolute atomic E-state index is 0.292. The first-order valence-electron chi connectivity index (χ1n) is 5.13. The van der Waals surface area contributed by atoms with Crippen LogP contribution in [-0.4, -0.2) is 43.0 Å². The maximum Gasteiger partial charge on any atom is 0.332 e. The first-order valence-corrected chi connectivity index (χ1v) is 6.74. The number of methoxy groups -OCH3 is 1. The number of sulfonamides is 1. The van der Waals surface area contributed by atoms with Gasteiger partial charge in [0.15, 0.2) is 0 Å². The number of ether oxygens (including phenoxy) is 1. The van der Waals surface area contributed by atoms with Crippen LogP contribution in [0.15, 0.2) is 0 Å². The second-order valence-corrected chi connectivity index (χ2v) is 7.08. The Kier molecular flexibility index (Phi) is 3.03. The summed E-state index contributed by atoms with van der Waals surface area (Å²) in [4.78, 5) is 23.6. The van der Waals surface area contributed by atoms with Gasteiger partial charge in [-0.15, -0.1) is 0 Å². The Labute approximate surface area is 101 Å². The average molecular weight is 263 g/mol. The van der Waals surface area contributed by atoms with Crippen molar-refractivity contribution in [2.75, 3.05) is 12.9 Å². The summed E-state index contributed by atoms with van der Waals surface area (Å²) in [5.74, 6) is -1.63. The summed E-state index contributed by atoms with van der Waals surface area (Å²) in [6, 6.07) is 0. The molecule has 0 spiro atoms. The van der Waals surface area contributed by atoms with Crippen molar-refractivity contribution >= 4 is 21.9 Å². The Morgan fingerprint density at radius 3 is 2.18 bits per heavy atom. The summed E-state index contributed by atoms with van der Waals surface area (Å²) in [5.41, 5.74) is -2.53. The van der Waals surface area contributed by atoms with Crippen LogP contribution in [0.3, 0.4) is 0 Å². The summed E-state index contributed by atoms with van der Waals surface area (Å²) >= 11 is 0. The zero-order chi connectivity index (χ0) is 13.6. The second kappa shape index (κ2) is 3.69. The van der Waals surface area contributed by atoms with E-state index in [4.69, 9.17) is 0 Å². The molecule has 98 valence electrons. The van der Waals surface area contributed by atoms with Gasteiger partial charge >= 0.3 is 5.97 Å². The van der Waals surface area contributed by atoms with E-state index in [9.17, 15) is 18.0 Å². The van der Waals surface area contributed by atoms with Crippen LogP contribution in [0.5, 0.6) is 0 Å². The highest BCUT2D eigenvalue weighted by Gasteiger charge is 2.57. The van der Waals surface area contributed by atoms with Gasteiger partial charge in [-0.3, -0.25) is 4.79 Å². The van der Waals surface area contributed by atoms with E-state index in [-0.39, 0.29) is 5.75 Å². The van der Waals surface area contributed by atoms with E-state index in [1.54, 1.807) is 13.8 Å². The SMILES string of the molecule is COC(=O)C(C)(C)N1C(=O)C(C)(C)CS1(=O)=O. The molecule has 0 saturated carbocycles. The lowest BCUT2D eigenvalue weighted by Crippen LogP contribution is -2.54. The molecule has 0 aliphatic carbocycles. The first-order chi connectivity index (χ1) is 7.47. The third-order valence-electron chi connectivity index (χ3n) is 2.78. The Morgan fingerprint density at radius 2 is 1.88 bits per heavy atom. The molecule has 1 saturated heterocycles. The molecule has 1 aliphatic heterocycles. The van der Waals surface area contributed by atoms with Crippen LogP contribution < -0.4 is 0 Å². The third-order valence-corrected chi connectivity index (χ3v) is 5.04. The molecule has 0 aromatic rings. The van der Waals surface area contributed by atoms with E-state index >= 15 is 0 Å². The molecule has 0 N–H and O–H groups in total. The molecule has 0 radical (unpaired) electrons. The smallest absolute Gasteiger partial charge is 0.332 e. The van der Waals surface area contributed by atoms with Crippen LogP contribution in [0.25, 0.3) is 0 Å². The van der Waals surface area contributed by atoms with E-state index in [1.807, 2.05) is 0 Å². The highest BCUT2D eigenvalue weighted by atomic mass is 32.2. The topological polar surface area (TPSA) is 80.8 Å². The maximum atomic E-state index is 12.0. The van der Waals surface area contributed by atoms with Gasteiger partial charge in [-0.05, 0) is 27.7 Å². The van der Waals surface area contributed by atoms with Crippen molar-refractivity contribution in [1.29, 1.82) is 0 Å². The number of carbonyl (C=O) groups is 2. The number of nitrogens with zero attached hydrogens (tertiary/aromatic N) is 1. The second-order valence-electron chi connectivity index (χ2n) is 5.26. The minimum Gasteiger partial charge on any atom is -0.467 e. The molecule has 1 fully saturated rings. The molecule has 0 bridgehead atoms. The lowest BCUT2D eigenvalue weighted by Gasteiger charge is -2.31. The fourth-order valence-electron chi connectivity index (χ4n) is 1.92.